The van der Waals surface area contributed by atoms with Gasteiger partial charge in [-0.3, -0.25) is 14.8 Å². The van der Waals surface area contributed by atoms with Crippen LogP contribution in [0.25, 0.3) is 6.08 Å². The van der Waals surface area contributed by atoms with Crippen LogP contribution in [-0.2, 0) is 18.3 Å². The number of anilines is 1. The van der Waals surface area contributed by atoms with E-state index in [4.69, 9.17) is 0 Å². The number of rotatable bonds is 5. The van der Waals surface area contributed by atoms with Gasteiger partial charge in [-0.05, 0) is 23.8 Å². The van der Waals surface area contributed by atoms with Gasteiger partial charge in [0.05, 0.1) is 6.20 Å². The summed E-state index contributed by atoms with van der Waals surface area (Å²) in [6.45, 7) is 0. The molecule has 3 aromatic rings. The minimum atomic E-state index is -0.289. The zero-order valence-corrected chi connectivity index (χ0v) is 13.6. The lowest BCUT2D eigenvalue weighted by Gasteiger charge is -1.96. The minimum absolute atomic E-state index is 0.274. The Labute approximate surface area is 141 Å². The molecule has 0 aliphatic carbocycles. The van der Waals surface area contributed by atoms with Crippen LogP contribution >= 0.6 is 11.3 Å². The molecule has 1 amide bonds. The third kappa shape index (κ3) is 4.32. The van der Waals surface area contributed by atoms with Crippen molar-refractivity contribution in [2.24, 2.45) is 7.05 Å². The van der Waals surface area contributed by atoms with Gasteiger partial charge in [0, 0.05) is 31.3 Å². The number of carbonyl (C=O) groups is 1. The predicted molar refractivity (Wildman–Crippen MR) is 90.0 cm³/mol. The van der Waals surface area contributed by atoms with Crippen LogP contribution in [0.15, 0.2) is 42.7 Å². The monoisotopic (exact) mass is 343 g/mol. The molecule has 1 N–H and O–H groups in total. The zero-order chi connectivity index (χ0) is 16.9. The van der Waals surface area contributed by atoms with Gasteiger partial charge < -0.3 is 0 Å². The van der Waals surface area contributed by atoms with Crippen LogP contribution in [0.5, 0.6) is 0 Å². The molecule has 122 valence electrons. The van der Waals surface area contributed by atoms with E-state index in [0.29, 0.717) is 11.6 Å². The highest BCUT2D eigenvalue weighted by molar-refractivity contribution is 7.15. The third-order valence-corrected chi connectivity index (χ3v) is 3.96. The second-order valence-corrected chi connectivity index (χ2v) is 6.14. The Balaban J connectivity index is 1.58. The quantitative estimate of drug-likeness (QED) is 0.723. The third-order valence-electron chi connectivity index (χ3n) is 3.12. The van der Waals surface area contributed by atoms with Gasteiger partial charge in [0.2, 0.25) is 11.0 Å². The smallest absolute Gasteiger partial charge is 0.250 e. The highest BCUT2D eigenvalue weighted by Gasteiger charge is 2.07. The van der Waals surface area contributed by atoms with Crippen LogP contribution in [0.4, 0.5) is 9.52 Å². The van der Waals surface area contributed by atoms with Gasteiger partial charge in [0.1, 0.15) is 10.8 Å². The van der Waals surface area contributed by atoms with Crippen molar-refractivity contribution in [1.82, 2.24) is 20.0 Å². The number of hydrogen-bond acceptors (Lipinski definition) is 5. The molecule has 2 aromatic heterocycles. The Morgan fingerprint density at radius 3 is 2.83 bits per heavy atom. The standard InChI is InChI=1S/C16H14FN5OS/c1-22-10-12(9-18-22)4-7-14(23)19-16-21-20-15(24-16)8-11-2-5-13(17)6-3-11/h2-7,9-10H,8H2,1H3,(H,19,21,23)/b7-4+. The Morgan fingerprint density at radius 1 is 1.33 bits per heavy atom. The highest BCUT2D eigenvalue weighted by Crippen LogP contribution is 2.18. The Kier molecular flexibility index (Phi) is 4.76. The summed E-state index contributed by atoms with van der Waals surface area (Å²) in [5.41, 5.74) is 1.77. The number of carbonyl (C=O) groups excluding carboxylic acids is 1. The highest BCUT2D eigenvalue weighted by atomic mass is 32.1. The number of aryl methyl sites for hydroxylation is 1. The first kappa shape index (κ1) is 16.0. The van der Waals surface area contributed by atoms with E-state index in [-0.39, 0.29) is 11.7 Å². The summed E-state index contributed by atoms with van der Waals surface area (Å²) in [6, 6.07) is 6.21. The lowest BCUT2D eigenvalue weighted by atomic mass is 10.2. The molecule has 0 saturated heterocycles. The van der Waals surface area contributed by atoms with Crippen molar-refractivity contribution in [3.8, 4) is 0 Å². The lowest BCUT2D eigenvalue weighted by molar-refractivity contribution is -0.111. The van der Waals surface area contributed by atoms with Gasteiger partial charge in [-0.25, -0.2) is 4.39 Å². The van der Waals surface area contributed by atoms with E-state index in [1.54, 1.807) is 42.3 Å². The molecule has 0 bridgehead atoms. The first-order chi connectivity index (χ1) is 11.6. The van der Waals surface area contributed by atoms with E-state index in [2.05, 4.69) is 20.6 Å². The molecule has 3 rings (SSSR count). The fraction of sp³-hybridized carbons (Fsp3) is 0.125. The Bertz CT molecular complexity index is 869. The molecule has 0 aliphatic heterocycles. The molecule has 0 fully saturated rings. The maximum Gasteiger partial charge on any atom is 0.250 e. The molecule has 2 heterocycles. The minimum Gasteiger partial charge on any atom is -0.297 e. The molecule has 8 heteroatoms. The number of benzene rings is 1. The van der Waals surface area contributed by atoms with Crippen molar-refractivity contribution in [3.63, 3.8) is 0 Å². The number of amides is 1. The van der Waals surface area contributed by atoms with Gasteiger partial charge in [-0.15, -0.1) is 10.2 Å². The Morgan fingerprint density at radius 2 is 2.12 bits per heavy atom. The number of nitrogens with one attached hydrogen (secondary N) is 1. The summed E-state index contributed by atoms with van der Waals surface area (Å²) in [6.07, 6.45) is 7.09. The summed E-state index contributed by atoms with van der Waals surface area (Å²) in [5.74, 6) is -0.562. The average molecular weight is 343 g/mol. The predicted octanol–water partition coefficient (Wildman–Crippen LogP) is 2.65. The van der Waals surface area contributed by atoms with Gasteiger partial charge in [-0.2, -0.15) is 5.10 Å². The second-order valence-electron chi connectivity index (χ2n) is 5.07. The fourth-order valence-electron chi connectivity index (χ4n) is 2.00. The molecule has 0 atom stereocenters. The largest absolute Gasteiger partial charge is 0.297 e. The summed E-state index contributed by atoms with van der Waals surface area (Å²) < 4.78 is 14.5. The maximum absolute atomic E-state index is 12.9. The SMILES string of the molecule is Cn1cc(/C=C/C(=O)Nc2nnc(Cc3ccc(F)cc3)s2)cn1. The van der Waals surface area contributed by atoms with Gasteiger partial charge in [-0.1, -0.05) is 23.5 Å². The van der Waals surface area contributed by atoms with Gasteiger partial charge in [0.15, 0.2) is 0 Å². The molecular formula is C16H14FN5OS. The number of halogens is 1. The Hall–Kier alpha value is -2.87. The van der Waals surface area contributed by atoms with E-state index < -0.39 is 0 Å². The molecule has 24 heavy (non-hydrogen) atoms. The second kappa shape index (κ2) is 7.14. The topological polar surface area (TPSA) is 72.7 Å². The summed E-state index contributed by atoms with van der Waals surface area (Å²) in [5, 5.41) is 15.8. The maximum atomic E-state index is 12.9. The normalized spacial score (nSPS) is 11.1. The number of aromatic nitrogens is 4. The van der Waals surface area contributed by atoms with Crippen LogP contribution in [0.3, 0.4) is 0 Å². The summed E-state index contributed by atoms with van der Waals surface area (Å²) in [7, 11) is 1.81. The van der Waals surface area contributed by atoms with Crippen molar-refractivity contribution < 1.29 is 9.18 Å². The lowest BCUT2D eigenvalue weighted by Crippen LogP contribution is -2.07. The van der Waals surface area contributed by atoms with E-state index in [0.717, 1.165) is 16.1 Å². The first-order valence-electron chi connectivity index (χ1n) is 7.13. The van der Waals surface area contributed by atoms with Crippen molar-refractivity contribution in [1.29, 1.82) is 0 Å². The van der Waals surface area contributed by atoms with Crippen molar-refractivity contribution in [2.75, 3.05) is 5.32 Å². The van der Waals surface area contributed by atoms with Crippen molar-refractivity contribution in [2.45, 2.75) is 6.42 Å². The van der Waals surface area contributed by atoms with E-state index in [1.807, 2.05) is 0 Å². The number of nitrogens with zero attached hydrogens (tertiary/aromatic N) is 4. The summed E-state index contributed by atoms with van der Waals surface area (Å²) >= 11 is 1.29. The van der Waals surface area contributed by atoms with Crippen molar-refractivity contribution >= 4 is 28.5 Å². The van der Waals surface area contributed by atoms with E-state index >= 15 is 0 Å². The van der Waals surface area contributed by atoms with E-state index in [1.165, 1.54) is 29.5 Å². The average Bonchev–Trinajstić information content (AvgIpc) is 3.17. The zero-order valence-electron chi connectivity index (χ0n) is 12.8. The van der Waals surface area contributed by atoms with Crippen LogP contribution in [0, 0.1) is 5.82 Å². The van der Waals surface area contributed by atoms with Crippen molar-refractivity contribution in [3.05, 3.63) is 64.7 Å². The van der Waals surface area contributed by atoms with Crippen LogP contribution < -0.4 is 5.32 Å². The van der Waals surface area contributed by atoms with E-state index in [9.17, 15) is 9.18 Å². The molecule has 1 aromatic carbocycles. The molecule has 0 radical (unpaired) electrons. The van der Waals surface area contributed by atoms with Crippen LogP contribution in [-0.4, -0.2) is 25.9 Å². The number of hydrogen-bond donors (Lipinski definition) is 1. The molecule has 6 nitrogen and oxygen atoms in total. The molecular weight excluding hydrogens is 329 g/mol. The molecule has 0 aliphatic rings. The molecule has 0 spiro atoms. The first-order valence-corrected chi connectivity index (χ1v) is 7.95. The molecule has 0 unspecified atom stereocenters. The summed E-state index contributed by atoms with van der Waals surface area (Å²) in [4.78, 5) is 11.9. The van der Waals surface area contributed by atoms with Crippen LogP contribution in [0.2, 0.25) is 0 Å². The van der Waals surface area contributed by atoms with Gasteiger partial charge in [0.25, 0.3) is 0 Å². The van der Waals surface area contributed by atoms with Crippen LogP contribution in [0.1, 0.15) is 16.1 Å². The fourth-order valence-corrected chi connectivity index (χ4v) is 2.77. The van der Waals surface area contributed by atoms with Gasteiger partial charge >= 0.3 is 0 Å². The molecule has 0 saturated carbocycles.